The highest BCUT2D eigenvalue weighted by atomic mass is 16.4. The molecule has 1 aromatic rings. The summed E-state index contributed by atoms with van der Waals surface area (Å²) in [5.41, 5.74) is 0.348. The summed E-state index contributed by atoms with van der Waals surface area (Å²) in [7, 11) is 0. The fraction of sp³-hybridized carbons (Fsp3) is 0.0909. The number of carbonyl (C=O) groups is 1. The fourth-order valence-electron chi connectivity index (χ4n) is 1.32. The number of hydrogen-bond acceptors (Lipinski definition) is 3. The van der Waals surface area contributed by atoms with E-state index in [-0.39, 0.29) is 5.78 Å². The second-order valence-corrected chi connectivity index (χ2v) is 2.99. The van der Waals surface area contributed by atoms with Crippen molar-refractivity contribution in [2.75, 3.05) is 0 Å². The molecule has 0 saturated heterocycles. The van der Waals surface area contributed by atoms with Crippen LogP contribution in [0.2, 0.25) is 0 Å². The molecule has 0 bridgehead atoms. The van der Waals surface area contributed by atoms with Crippen LogP contribution in [0, 0.1) is 0 Å². The van der Waals surface area contributed by atoms with Crippen molar-refractivity contribution in [3.63, 3.8) is 0 Å². The van der Waals surface area contributed by atoms with Gasteiger partial charge in [0.15, 0.2) is 5.78 Å². The number of allylic oxidation sites excluding steroid dienone is 4. The molecule has 0 fully saturated rings. The maximum Gasteiger partial charge on any atom is 0.336 e. The lowest BCUT2D eigenvalue weighted by atomic mass is 10.0. The summed E-state index contributed by atoms with van der Waals surface area (Å²) in [6.45, 7) is 0. The van der Waals surface area contributed by atoms with E-state index >= 15 is 0 Å². The molecule has 1 heterocycles. The SMILES string of the molecule is O=C1C=CCC(c2cccc(=O)o2)=C1. The molecule has 14 heavy (non-hydrogen) atoms. The Morgan fingerprint density at radius 3 is 2.79 bits per heavy atom. The van der Waals surface area contributed by atoms with Crippen molar-refractivity contribution in [1.82, 2.24) is 0 Å². The molecule has 0 saturated carbocycles. The molecule has 0 amide bonds. The topological polar surface area (TPSA) is 47.3 Å². The number of hydrogen-bond donors (Lipinski definition) is 0. The van der Waals surface area contributed by atoms with Gasteiger partial charge in [0.25, 0.3) is 0 Å². The van der Waals surface area contributed by atoms with Gasteiger partial charge in [-0.1, -0.05) is 12.1 Å². The second kappa shape index (κ2) is 3.46. The van der Waals surface area contributed by atoms with Gasteiger partial charge in [-0.05, 0) is 24.6 Å². The Labute approximate surface area is 80.4 Å². The van der Waals surface area contributed by atoms with Crippen LogP contribution in [0.25, 0.3) is 5.57 Å². The van der Waals surface area contributed by atoms with Crippen LogP contribution in [0.3, 0.4) is 0 Å². The van der Waals surface area contributed by atoms with Crippen molar-refractivity contribution in [2.24, 2.45) is 0 Å². The lowest BCUT2D eigenvalue weighted by Gasteiger charge is -2.05. The molecule has 70 valence electrons. The highest BCUT2D eigenvalue weighted by Crippen LogP contribution is 2.19. The smallest absolute Gasteiger partial charge is 0.336 e. The summed E-state index contributed by atoms with van der Waals surface area (Å²) in [4.78, 5) is 22.0. The zero-order valence-corrected chi connectivity index (χ0v) is 7.40. The average molecular weight is 188 g/mol. The number of rotatable bonds is 1. The van der Waals surface area contributed by atoms with Crippen molar-refractivity contribution in [3.05, 3.63) is 52.6 Å². The van der Waals surface area contributed by atoms with E-state index in [1.165, 1.54) is 18.2 Å². The molecule has 0 aromatic carbocycles. The van der Waals surface area contributed by atoms with Crippen molar-refractivity contribution in [1.29, 1.82) is 0 Å². The third-order valence-electron chi connectivity index (χ3n) is 1.94. The Balaban J connectivity index is 2.41. The van der Waals surface area contributed by atoms with Gasteiger partial charge in [-0.25, -0.2) is 4.79 Å². The van der Waals surface area contributed by atoms with Gasteiger partial charge in [-0.3, -0.25) is 4.79 Å². The maximum atomic E-state index is 11.0. The van der Waals surface area contributed by atoms with Crippen LogP contribution in [0.15, 0.2) is 45.6 Å². The first-order valence-corrected chi connectivity index (χ1v) is 4.27. The van der Waals surface area contributed by atoms with Gasteiger partial charge in [-0.2, -0.15) is 0 Å². The van der Waals surface area contributed by atoms with Gasteiger partial charge in [0.1, 0.15) is 5.76 Å². The zero-order valence-electron chi connectivity index (χ0n) is 7.40. The Morgan fingerprint density at radius 2 is 2.07 bits per heavy atom. The molecule has 0 N–H and O–H groups in total. The lowest BCUT2D eigenvalue weighted by molar-refractivity contribution is -0.110. The summed E-state index contributed by atoms with van der Waals surface area (Å²) in [6, 6.07) is 4.63. The summed E-state index contributed by atoms with van der Waals surface area (Å²) in [5.74, 6) is 0.396. The summed E-state index contributed by atoms with van der Waals surface area (Å²) in [6.07, 6.45) is 5.37. The minimum Gasteiger partial charge on any atom is -0.423 e. The third-order valence-corrected chi connectivity index (χ3v) is 1.94. The van der Waals surface area contributed by atoms with E-state index in [0.717, 1.165) is 5.57 Å². The van der Waals surface area contributed by atoms with Crippen LogP contribution in [0.4, 0.5) is 0 Å². The molecular weight excluding hydrogens is 180 g/mol. The van der Waals surface area contributed by atoms with E-state index in [4.69, 9.17) is 4.42 Å². The number of carbonyl (C=O) groups excluding carboxylic acids is 1. The van der Waals surface area contributed by atoms with E-state index in [9.17, 15) is 9.59 Å². The maximum absolute atomic E-state index is 11.0. The molecule has 0 radical (unpaired) electrons. The first kappa shape index (κ1) is 8.69. The van der Waals surface area contributed by atoms with Crippen LogP contribution >= 0.6 is 0 Å². The highest BCUT2D eigenvalue weighted by molar-refractivity contribution is 6.05. The van der Waals surface area contributed by atoms with Crippen LogP contribution in [-0.4, -0.2) is 5.78 Å². The zero-order chi connectivity index (χ0) is 9.97. The molecule has 1 aromatic heterocycles. The van der Waals surface area contributed by atoms with E-state index < -0.39 is 5.63 Å². The normalized spacial score (nSPS) is 15.4. The predicted molar refractivity (Wildman–Crippen MR) is 51.7 cm³/mol. The van der Waals surface area contributed by atoms with Gasteiger partial charge in [-0.15, -0.1) is 0 Å². The van der Waals surface area contributed by atoms with Crippen LogP contribution in [-0.2, 0) is 4.79 Å². The summed E-state index contributed by atoms with van der Waals surface area (Å²) < 4.78 is 4.96. The van der Waals surface area contributed by atoms with Gasteiger partial charge in [0, 0.05) is 11.6 Å². The number of ketones is 1. The standard InChI is InChI=1S/C11H8O3/c12-9-4-1-3-8(7-9)10-5-2-6-11(13)14-10/h1-2,4-7H,3H2. The van der Waals surface area contributed by atoms with Gasteiger partial charge >= 0.3 is 5.63 Å². The first-order chi connectivity index (χ1) is 6.75. The largest absolute Gasteiger partial charge is 0.423 e. The molecule has 3 nitrogen and oxygen atoms in total. The molecule has 0 aliphatic heterocycles. The quantitative estimate of drug-likeness (QED) is 0.671. The minimum atomic E-state index is -0.398. The van der Waals surface area contributed by atoms with Crippen LogP contribution in [0.1, 0.15) is 12.2 Å². The van der Waals surface area contributed by atoms with E-state index in [1.807, 2.05) is 0 Å². The van der Waals surface area contributed by atoms with Crippen molar-refractivity contribution in [2.45, 2.75) is 6.42 Å². The molecule has 2 rings (SSSR count). The highest BCUT2D eigenvalue weighted by Gasteiger charge is 2.08. The summed E-state index contributed by atoms with van der Waals surface area (Å²) >= 11 is 0. The predicted octanol–water partition coefficient (Wildman–Crippen LogP) is 1.55. The second-order valence-electron chi connectivity index (χ2n) is 2.99. The molecule has 1 aliphatic rings. The fourth-order valence-corrected chi connectivity index (χ4v) is 1.32. The Bertz CT molecular complexity index is 477. The van der Waals surface area contributed by atoms with Crippen LogP contribution < -0.4 is 5.63 Å². The Hall–Kier alpha value is -1.90. The lowest BCUT2D eigenvalue weighted by Crippen LogP contribution is -2.01. The molecule has 0 spiro atoms. The average Bonchev–Trinajstić information content (AvgIpc) is 2.18. The molecule has 1 aliphatic carbocycles. The van der Waals surface area contributed by atoms with Crippen molar-refractivity contribution in [3.8, 4) is 0 Å². The minimum absolute atomic E-state index is 0.0715. The molecule has 0 atom stereocenters. The van der Waals surface area contributed by atoms with Crippen molar-refractivity contribution < 1.29 is 9.21 Å². The van der Waals surface area contributed by atoms with Gasteiger partial charge < -0.3 is 4.42 Å². The van der Waals surface area contributed by atoms with Gasteiger partial charge in [0.2, 0.25) is 0 Å². The first-order valence-electron chi connectivity index (χ1n) is 4.27. The Kier molecular flexibility index (Phi) is 2.14. The van der Waals surface area contributed by atoms with E-state index in [2.05, 4.69) is 0 Å². The van der Waals surface area contributed by atoms with E-state index in [0.29, 0.717) is 12.2 Å². The van der Waals surface area contributed by atoms with Crippen molar-refractivity contribution >= 4 is 11.4 Å². The van der Waals surface area contributed by atoms with Gasteiger partial charge in [0.05, 0.1) is 0 Å². The van der Waals surface area contributed by atoms with E-state index in [1.54, 1.807) is 18.2 Å². The molecule has 3 heteroatoms. The monoisotopic (exact) mass is 188 g/mol. The third kappa shape index (κ3) is 1.71. The molecule has 0 unspecified atom stereocenters. The summed E-state index contributed by atoms with van der Waals surface area (Å²) in [5, 5.41) is 0. The Morgan fingerprint density at radius 1 is 1.21 bits per heavy atom. The van der Waals surface area contributed by atoms with Crippen LogP contribution in [0.5, 0.6) is 0 Å². The molecular formula is C11H8O3.